The maximum absolute atomic E-state index is 6.26. The SMILES string of the molecule is Clc1ccc2c(ccn2Cc2ccc(Br)cc2Cl)c1. The molecule has 0 aliphatic carbocycles. The smallest absolute Gasteiger partial charge is 0.0490 e. The van der Waals surface area contributed by atoms with Crippen LogP contribution in [-0.2, 0) is 6.54 Å². The van der Waals surface area contributed by atoms with Crippen LogP contribution in [0.5, 0.6) is 0 Å². The zero-order valence-corrected chi connectivity index (χ0v) is 13.0. The van der Waals surface area contributed by atoms with Crippen LogP contribution in [0.4, 0.5) is 0 Å². The molecule has 0 fully saturated rings. The van der Waals surface area contributed by atoms with Gasteiger partial charge in [0.2, 0.25) is 0 Å². The molecule has 0 aliphatic heterocycles. The first-order valence-corrected chi connectivity index (χ1v) is 7.37. The highest BCUT2D eigenvalue weighted by Crippen LogP contribution is 2.25. The number of aromatic nitrogens is 1. The Morgan fingerprint density at radius 3 is 2.63 bits per heavy atom. The van der Waals surface area contributed by atoms with Crippen molar-refractivity contribution in [2.24, 2.45) is 0 Å². The summed E-state index contributed by atoms with van der Waals surface area (Å²) in [6.07, 6.45) is 2.05. The summed E-state index contributed by atoms with van der Waals surface area (Å²) in [5, 5.41) is 2.66. The van der Waals surface area contributed by atoms with Gasteiger partial charge in [0, 0.05) is 38.2 Å². The Hall–Kier alpha value is -0.960. The second-order valence-corrected chi connectivity index (χ2v) is 6.14. The maximum Gasteiger partial charge on any atom is 0.0490 e. The molecule has 0 bridgehead atoms. The molecular weight excluding hydrogens is 345 g/mol. The summed E-state index contributed by atoms with van der Waals surface area (Å²) in [6.45, 7) is 0.747. The van der Waals surface area contributed by atoms with E-state index >= 15 is 0 Å². The van der Waals surface area contributed by atoms with E-state index in [9.17, 15) is 0 Å². The molecule has 0 amide bonds. The van der Waals surface area contributed by atoms with E-state index in [-0.39, 0.29) is 0 Å². The number of fused-ring (bicyclic) bond motifs is 1. The Kier molecular flexibility index (Phi) is 3.57. The molecule has 0 spiro atoms. The van der Waals surface area contributed by atoms with E-state index in [0.29, 0.717) is 0 Å². The van der Waals surface area contributed by atoms with Crippen LogP contribution in [0.15, 0.2) is 53.1 Å². The molecule has 3 aromatic rings. The molecule has 0 aliphatic rings. The fourth-order valence-electron chi connectivity index (χ4n) is 2.14. The van der Waals surface area contributed by atoms with E-state index in [1.807, 2.05) is 36.4 Å². The molecule has 1 nitrogen and oxygen atoms in total. The minimum Gasteiger partial charge on any atom is -0.343 e. The number of halogens is 3. The highest BCUT2D eigenvalue weighted by Gasteiger charge is 2.05. The number of nitrogens with zero attached hydrogens (tertiary/aromatic N) is 1. The summed E-state index contributed by atoms with van der Waals surface area (Å²) in [7, 11) is 0. The molecule has 2 aromatic carbocycles. The van der Waals surface area contributed by atoms with Crippen LogP contribution in [0.25, 0.3) is 10.9 Å². The van der Waals surface area contributed by atoms with E-state index in [4.69, 9.17) is 23.2 Å². The Labute approximate surface area is 129 Å². The van der Waals surface area contributed by atoms with Crippen molar-refractivity contribution < 1.29 is 0 Å². The second-order valence-electron chi connectivity index (χ2n) is 4.38. The van der Waals surface area contributed by atoms with Gasteiger partial charge in [-0.15, -0.1) is 0 Å². The molecule has 19 heavy (non-hydrogen) atoms. The first-order valence-electron chi connectivity index (χ1n) is 5.82. The normalized spacial score (nSPS) is 11.1. The van der Waals surface area contributed by atoms with Crippen LogP contribution in [0.2, 0.25) is 10.0 Å². The Bertz CT molecular complexity index is 749. The number of rotatable bonds is 2. The summed E-state index contributed by atoms with van der Waals surface area (Å²) >= 11 is 15.7. The fourth-order valence-corrected chi connectivity index (χ4v) is 3.06. The first-order chi connectivity index (χ1) is 9.13. The predicted octanol–water partition coefficient (Wildman–Crippen LogP) is 5.76. The van der Waals surface area contributed by atoms with Gasteiger partial charge >= 0.3 is 0 Å². The van der Waals surface area contributed by atoms with Crippen LogP contribution < -0.4 is 0 Å². The molecule has 1 aromatic heterocycles. The van der Waals surface area contributed by atoms with Gasteiger partial charge < -0.3 is 4.57 Å². The van der Waals surface area contributed by atoms with Crippen molar-refractivity contribution in [3.05, 3.63) is 68.7 Å². The minimum absolute atomic E-state index is 0.747. The third-order valence-electron chi connectivity index (χ3n) is 3.09. The lowest BCUT2D eigenvalue weighted by molar-refractivity contribution is 0.837. The Morgan fingerprint density at radius 2 is 1.84 bits per heavy atom. The first kappa shape index (κ1) is 13.0. The van der Waals surface area contributed by atoms with Crippen molar-refractivity contribution in [3.63, 3.8) is 0 Å². The third kappa shape index (κ3) is 2.66. The standard InChI is InChI=1S/C15H10BrCl2N/c16-12-2-1-11(14(18)8-12)9-19-6-5-10-7-13(17)3-4-15(10)19/h1-8H,9H2. The van der Waals surface area contributed by atoms with Gasteiger partial charge in [0.1, 0.15) is 0 Å². The monoisotopic (exact) mass is 353 g/mol. The van der Waals surface area contributed by atoms with Crippen molar-refractivity contribution in [1.82, 2.24) is 4.57 Å². The van der Waals surface area contributed by atoms with Crippen molar-refractivity contribution in [3.8, 4) is 0 Å². The van der Waals surface area contributed by atoms with Gasteiger partial charge in [-0.1, -0.05) is 45.2 Å². The van der Waals surface area contributed by atoms with Gasteiger partial charge in [0.25, 0.3) is 0 Å². The molecule has 3 rings (SSSR count). The van der Waals surface area contributed by atoms with Gasteiger partial charge in [-0.3, -0.25) is 0 Å². The number of hydrogen-bond acceptors (Lipinski definition) is 0. The molecule has 96 valence electrons. The molecule has 4 heteroatoms. The quantitative estimate of drug-likeness (QED) is 0.551. The van der Waals surface area contributed by atoms with Gasteiger partial charge in [-0.2, -0.15) is 0 Å². The van der Waals surface area contributed by atoms with E-state index in [0.717, 1.165) is 37.5 Å². The Balaban J connectivity index is 2.01. The van der Waals surface area contributed by atoms with Gasteiger partial charge in [-0.05, 0) is 42.0 Å². The predicted molar refractivity (Wildman–Crippen MR) is 85.2 cm³/mol. The van der Waals surface area contributed by atoms with Crippen LogP contribution in [0, 0.1) is 0 Å². The lowest BCUT2D eigenvalue weighted by atomic mass is 10.2. The van der Waals surface area contributed by atoms with Gasteiger partial charge in [0.15, 0.2) is 0 Å². The summed E-state index contributed by atoms with van der Waals surface area (Å²) in [6, 6.07) is 13.9. The molecule has 0 saturated carbocycles. The fraction of sp³-hybridized carbons (Fsp3) is 0.0667. The lowest BCUT2D eigenvalue weighted by Crippen LogP contribution is -1.98. The van der Waals surface area contributed by atoms with Crippen molar-refractivity contribution in [2.75, 3.05) is 0 Å². The summed E-state index contributed by atoms with van der Waals surface area (Å²) in [5.74, 6) is 0. The van der Waals surface area contributed by atoms with Crippen LogP contribution in [-0.4, -0.2) is 4.57 Å². The molecular formula is C15H10BrCl2N. The molecule has 0 saturated heterocycles. The highest BCUT2D eigenvalue weighted by atomic mass is 79.9. The molecule has 0 atom stereocenters. The lowest BCUT2D eigenvalue weighted by Gasteiger charge is -2.08. The van der Waals surface area contributed by atoms with Crippen molar-refractivity contribution in [1.29, 1.82) is 0 Å². The summed E-state index contributed by atoms with van der Waals surface area (Å²) in [5.41, 5.74) is 2.25. The summed E-state index contributed by atoms with van der Waals surface area (Å²) in [4.78, 5) is 0. The largest absolute Gasteiger partial charge is 0.343 e. The number of hydrogen-bond donors (Lipinski definition) is 0. The maximum atomic E-state index is 6.26. The third-order valence-corrected chi connectivity index (χ3v) is 4.17. The van der Waals surface area contributed by atoms with E-state index in [1.165, 1.54) is 0 Å². The molecule has 0 unspecified atom stereocenters. The van der Waals surface area contributed by atoms with Gasteiger partial charge in [-0.25, -0.2) is 0 Å². The molecule has 1 heterocycles. The average Bonchev–Trinajstić information content (AvgIpc) is 2.75. The van der Waals surface area contributed by atoms with Crippen molar-refractivity contribution in [2.45, 2.75) is 6.54 Å². The highest BCUT2D eigenvalue weighted by molar-refractivity contribution is 9.10. The average molecular weight is 355 g/mol. The van der Waals surface area contributed by atoms with Crippen LogP contribution in [0.1, 0.15) is 5.56 Å². The topological polar surface area (TPSA) is 4.93 Å². The van der Waals surface area contributed by atoms with Crippen molar-refractivity contribution >= 4 is 50.0 Å². The van der Waals surface area contributed by atoms with E-state index < -0.39 is 0 Å². The zero-order valence-electron chi connectivity index (χ0n) is 9.91. The van der Waals surface area contributed by atoms with Gasteiger partial charge in [0.05, 0.1) is 0 Å². The minimum atomic E-state index is 0.747. The van der Waals surface area contributed by atoms with E-state index in [1.54, 1.807) is 0 Å². The summed E-state index contributed by atoms with van der Waals surface area (Å²) < 4.78 is 3.16. The van der Waals surface area contributed by atoms with Crippen LogP contribution in [0.3, 0.4) is 0 Å². The molecule has 0 radical (unpaired) electrons. The zero-order chi connectivity index (χ0) is 13.4. The second kappa shape index (κ2) is 5.20. The molecule has 0 N–H and O–H groups in total. The van der Waals surface area contributed by atoms with E-state index in [2.05, 4.69) is 32.8 Å². The van der Waals surface area contributed by atoms with Crippen LogP contribution >= 0.6 is 39.1 Å². The Morgan fingerprint density at radius 1 is 1.00 bits per heavy atom. The number of benzene rings is 2.